The molecule has 0 saturated carbocycles. The lowest BCUT2D eigenvalue weighted by molar-refractivity contribution is -0.384. The molecule has 0 fully saturated rings. The van der Waals surface area contributed by atoms with E-state index in [0.29, 0.717) is 22.2 Å². The molecule has 0 atom stereocenters. The minimum atomic E-state index is -1.03. The van der Waals surface area contributed by atoms with Gasteiger partial charge in [0, 0.05) is 23.1 Å². The van der Waals surface area contributed by atoms with Crippen molar-refractivity contribution in [1.29, 1.82) is 0 Å². The number of nitro benzene ring substituents is 1. The lowest BCUT2D eigenvalue weighted by atomic mass is 9.99. The van der Waals surface area contributed by atoms with E-state index in [4.69, 9.17) is 0 Å². The maximum atomic E-state index is 11.7. The second-order valence-electron chi connectivity index (χ2n) is 5.64. The van der Waals surface area contributed by atoms with Crippen molar-refractivity contribution < 1.29 is 14.8 Å². The molecule has 0 bridgehead atoms. The van der Waals surface area contributed by atoms with Gasteiger partial charge >= 0.3 is 5.97 Å². The number of benzene rings is 2. The lowest BCUT2D eigenvalue weighted by Crippen LogP contribution is -2.02. The van der Waals surface area contributed by atoms with Crippen LogP contribution < -0.4 is 0 Å². The molecule has 3 rings (SSSR count). The smallest absolute Gasteiger partial charge is 0.336 e. The third-order valence-corrected chi connectivity index (χ3v) is 3.85. The predicted molar refractivity (Wildman–Crippen MR) is 90.3 cm³/mol. The lowest BCUT2D eigenvalue weighted by Gasteiger charge is -2.10. The second kappa shape index (κ2) is 5.73. The van der Waals surface area contributed by atoms with Gasteiger partial charge in [-0.1, -0.05) is 6.07 Å². The van der Waals surface area contributed by atoms with E-state index < -0.39 is 10.9 Å². The molecule has 0 aliphatic rings. The Morgan fingerprint density at radius 2 is 1.79 bits per heavy atom. The van der Waals surface area contributed by atoms with E-state index in [1.165, 1.54) is 18.2 Å². The SMILES string of the molecule is Cc1cc(C)c2c(C(=O)O)cc(-c3ccc([N+](=O)[O-])cc3)nc2c1. The summed E-state index contributed by atoms with van der Waals surface area (Å²) in [5.41, 5.74) is 3.69. The molecule has 6 heteroatoms. The molecule has 0 unspecified atom stereocenters. The fourth-order valence-corrected chi connectivity index (χ4v) is 2.83. The minimum absolute atomic E-state index is 0.0234. The molecule has 24 heavy (non-hydrogen) atoms. The number of fused-ring (bicyclic) bond motifs is 1. The van der Waals surface area contributed by atoms with Gasteiger partial charge in [-0.3, -0.25) is 10.1 Å². The van der Waals surface area contributed by atoms with Crippen LogP contribution in [0.5, 0.6) is 0 Å². The molecule has 1 aromatic heterocycles. The Morgan fingerprint density at radius 1 is 1.12 bits per heavy atom. The summed E-state index contributed by atoms with van der Waals surface area (Å²) in [6, 6.07) is 11.2. The van der Waals surface area contributed by atoms with Crippen molar-refractivity contribution in [3.05, 3.63) is 69.3 Å². The van der Waals surface area contributed by atoms with Gasteiger partial charge in [-0.15, -0.1) is 0 Å². The quantitative estimate of drug-likeness (QED) is 0.578. The molecular weight excluding hydrogens is 308 g/mol. The highest BCUT2D eigenvalue weighted by Crippen LogP contribution is 2.29. The van der Waals surface area contributed by atoms with Crippen molar-refractivity contribution in [3.8, 4) is 11.3 Å². The summed E-state index contributed by atoms with van der Waals surface area (Å²) >= 11 is 0. The first-order valence-electron chi connectivity index (χ1n) is 7.27. The number of non-ortho nitro benzene ring substituents is 1. The summed E-state index contributed by atoms with van der Waals surface area (Å²) in [5.74, 6) is -1.03. The van der Waals surface area contributed by atoms with E-state index in [2.05, 4.69) is 4.98 Å². The monoisotopic (exact) mass is 322 g/mol. The normalized spacial score (nSPS) is 10.8. The number of carboxylic acids is 1. The Kier molecular flexibility index (Phi) is 3.73. The van der Waals surface area contributed by atoms with E-state index in [-0.39, 0.29) is 11.3 Å². The summed E-state index contributed by atoms with van der Waals surface area (Å²) in [5, 5.41) is 20.9. The van der Waals surface area contributed by atoms with Gasteiger partial charge in [0.2, 0.25) is 0 Å². The molecule has 120 valence electrons. The van der Waals surface area contributed by atoms with Gasteiger partial charge < -0.3 is 5.11 Å². The van der Waals surface area contributed by atoms with Crippen molar-refractivity contribution in [2.75, 3.05) is 0 Å². The van der Waals surface area contributed by atoms with Gasteiger partial charge in [0.25, 0.3) is 5.69 Å². The van der Waals surface area contributed by atoms with Crippen molar-refractivity contribution in [2.45, 2.75) is 13.8 Å². The van der Waals surface area contributed by atoms with Gasteiger partial charge in [-0.25, -0.2) is 9.78 Å². The first-order chi connectivity index (χ1) is 11.4. The van der Waals surface area contributed by atoms with Crippen LogP contribution in [0.25, 0.3) is 22.2 Å². The molecule has 6 nitrogen and oxygen atoms in total. The molecule has 1 heterocycles. The van der Waals surface area contributed by atoms with Gasteiger partial charge in [0.1, 0.15) is 0 Å². The second-order valence-corrected chi connectivity index (χ2v) is 5.64. The van der Waals surface area contributed by atoms with E-state index >= 15 is 0 Å². The standard InChI is InChI=1S/C18H14N2O4/c1-10-7-11(2)17-14(18(21)22)9-15(19-16(17)8-10)12-3-5-13(6-4-12)20(23)24/h3-9H,1-2H3,(H,21,22). The van der Waals surface area contributed by atoms with Crippen LogP contribution in [-0.4, -0.2) is 21.0 Å². The highest BCUT2D eigenvalue weighted by atomic mass is 16.6. The Balaban J connectivity index is 2.25. The molecule has 0 radical (unpaired) electrons. The zero-order valence-electron chi connectivity index (χ0n) is 13.1. The maximum absolute atomic E-state index is 11.7. The van der Waals surface area contributed by atoms with Gasteiger partial charge in [0.15, 0.2) is 0 Å². The first-order valence-corrected chi connectivity index (χ1v) is 7.27. The topological polar surface area (TPSA) is 93.3 Å². The third kappa shape index (κ3) is 2.69. The van der Waals surface area contributed by atoms with E-state index in [1.807, 2.05) is 26.0 Å². The number of carbonyl (C=O) groups is 1. The summed E-state index contributed by atoms with van der Waals surface area (Å²) in [4.78, 5) is 26.5. The summed E-state index contributed by atoms with van der Waals surface area (Å²) in [6.45, 7) is 3.78. The molecule has 0 saturated heterocycles. The molecule has 0 aliphatic heterocycles. The molecule has 1 N–H and O–H groups in total. The van der Waals surface area contributed by atoms with Crippen LogP contribution in [0.1, 0.15) is 21.5 Å². The number of carboxylic acid groups (broad SMARTS) is 1. The molecule has 0 aliphatic carbocycles. The van der Waals surface area contributed by atoms with Crippen molar-refractivity contribution in [1.82, 2.24) is 4.98 Å². The zero-order chi connectivity index (χ0) is 17.4. The number of hydrogen-bond acceptors (Lipinski definition) is 4. The predicted octanol–water partition coefficient (Wildman–Crippen LogP) is 4.13. The Hall–Kier alpha value is -3.28. The Bertz CT molecular complexity index is 978. The number of nitro groups is 1. The van der Waals surface area contributed by atoms with Crippen LogP contribution in [0.4, 0.5) is 5.69 Å². The van der Waals surface area contributed by atoms with E-state index in [9.17, 15) is 20.0 Å². The Labute approximate surface area is 137 Å². The van der Waals surface area contributed by atoms with Crippen molar-refractivity contribution in [3.63, 3.8) is 0 Å². The van der Waals surface area contributed by atoms with Gasteiger partial charge in [0.05, 0.1) is 21.7 Å². The van der Waals surface area contributed by atoms with Crippen LogP contribution in [0.3, 0.4) is 0 Å². The number of rotatable bonds is 3. The average Bonchev–Trinajstić information content (AvgIpc) is 2.53. The van der Waals surface area contributed by atoms with Crippen LogP contribution >= 0.6 is 0 Å². The van der Waals surface area contributed by atoms with Crippen molar-refractivity contribution >= 4 is 22.6 Å². The van der Waals surface area contributed by atoms with Gasteiger partial charge in [-0.2, -0.15) is 0 Å². The third-order valence-electron chi connectivity index (χ3n) is 3.85. The van der Waals surface area contributed by atoms with E-state index in [1.54, 1.807) is 12.1 Å². The maximum Gasteiger partial charge on any atom is 0.336 e. The molecule has 0 amide bonds. The van der Waals surface area contributed by atoms with Crippen LogP contribution in [0.15, 0.2) is 42.5 Å². The zero-order valence-corrected chi connectivity index (χ0v) is 13.1. The number of hydrogen-bond donors (Lipinski definition) is 1. The summed E-state index contributed by atoms with van der Waals surface area (Å²) in [7, 11) is 0. The number of pyridine rings is 1. The molecular formula is C18H14N2O4. The van der Waals surface area contributed by atoms with Crippen LogP contribution in [0, 0.1) is 24.0 Å². The largest absolute Gasteiger partial charge is 0.478 e. The minimum Gasteiger partial charge on any atom is -0.478 e. The number of nitrogens with zero attached hydrogens (tertiary/aromatic N) is 2. The Morgan fingerprint density at radius 3 is 2.38 bits per heavy atom. The first kappa shape index (κ1) is 15.6. The fourth-order valence-electron chi connectivity index (χ4n) is 2.83. The fraction of sp³-hybridized carbons (Fsp3) is 0.111. The van der Waals surface area contributed by atoms with E-state index in [0.717, 1.165) is 11.1 Å². The van der Waals surface area contributed by atoms with Crippen LogP contribution in [0.2, 0.25) is 0 Å². The molecule has 2 aromatic carbocycles. The highest BCUT2D eigenvalue weighted by Gasteiger charge is 2.16. The molecule has 0 spiro atoms. The number of aryl methyl sites for hydroxylation is 2. The summed E-state index contributed by atoms with van der Waals surface area (Å²) in [6.07, 6.45) is 0. The highest BCUT2D eigenvalue weighted by molar-refractivity contribution is 6.05. The molecule has 3 aromatic rings. The average molecular weight is 322 g/mol. The number of aromatic nitrogens is 1. The van der Waals surface area contributed by atoms with Crippen molar-refractivity contribution in [2.24, 2.45) is 0 Å². The van der Waals surface area contributed by atoms with Gasteiger partial charge in [-0.05, 0) is 49.2 Å². The summed E-state index contributed by atoms with van der Waals surface area (Å²) < 4.78 is 0. The van der Waals surface area contributed by atoms with Crippen LogP contribution in [-0.2, 0) is 0 Å². The number of aromatic carboxylic acids is 1.